The van der Waals surface area contributed by atoms with Crippen LogP contribution in [-0.2, 0) is 15.1 Å². The first-order valence-electron chi connectivity index (χ1n) is 4.55. The van der Waals surface area contributed by atoms with Crippen molar-refractivity contribution >= 4 is 23.2 Å². The molecule has 1 atom stereocenters. The van der Waals surface area contributed by atoms with Crippen LogP contribution in [0.25, 0.3) is 0 Å². The van der Waals surface area contributed by atoms with Crippen molar-refractivity contribution in [3.8, 4) is 0 Å². The molecule has 1 unspecified atom stereocenters. The summed E-state index contributed by atoms with van der Waals surface area (Å²) in [5, 5.41) is 9.26. The number of carboxylic acid groups (broad SMARTS) is 1. The average molecular weight is 226 g/mol. The molecule has 1 N–H and O–H groups in total. The van der Waals surface area contributed by atoms with Gasteiger partial charge in [0.2, 0.25) is 5.91 Å². The van der Waals surface area contributed by atoms with Crippen molar-refractivity contribution in [1.82, 2.24) is 9.88 Å². The molecule has 80 valence electrons. The lowest BCUT2D eigenvalue weighted by Crippen LogP contribution is -2.64. The van der Waals surface area contributed by atoms with Crippen molar-refractivity contribution in [3.05, 3.63) is 16.6 Å². The maximum atomic E-state index is 11.3. The van der Waals surface area contributed by atoms with Gasteiger partial charge in [-0.2, -0.15) is 0 Å². The van der Waals surface area contributed by atoms with Crippen LogP contribution in [0.1, 0.15) is 18.2 Å². The number of nitrogens with zero attached hydrogens (tertiary/aromatic N) is 2. The van der Waals surface area contributed by atoms with Crippen LogP contribution in [0.2, 0.25) is 0 Å². The minimum Gasteiger partial charge on any atom is -0.479 e. The number of likely N-dealkylation sites (tertiary alicyclic amines) is 1. The van der Waals surface area contributed by atoms with E-state index in [0.29, 0.717) is 11.4 Å². The van der Waals surface area contributed by atoms with Crippen LogP contribution in [0.5, 0.6) is 0 Å². The number of β-lactam (4-membered cyclic amide) rings is 1. The van der Waals surface area contributed by atoms with E-state index in [2.05, 4.69) is 4.98 Å². The number of hydrogen-bond acceptors (Lipinski definition) is 4. The van der Waals surface area contributed by atoms with Crippen molar-refractivity contribution in [2.45, 2.75) is 18.9 Å². The van der Waals surface area contributed by atoms with Crippen molar-refractivity contribution in [2.75, 3.05) is 6.54 Å². The quantitative estimate of drug-likeness (QED) is 0.769. The second-order valence-electron chi connectivity index (χ2n) is 3.35. The molecule has 1 aliphatic rings. The fraction of sp³-hybridized carbons (Fsp3) is 0.444. The summed E-state index contributed by atoms with van der Waals surface area (Å²) in [6.45, 7) is 2.18. The Hall–Kier alpha value is -1.43. The van der Waals surface area contributed by atoms with Gasteiger partial charge in [0.25, 0.3) is 0 Å². The summed E-state index contributed by atoms with van der Waals surface area (Å²) in [5.41, 5.74) is 0.420. The summed E-state index contributed by atoms with van der Waals surface area (Å²) < 4.78 is 0. The summed E-state index contributed by atoms with van der Waals surface area (Å²) in [4.78, 5) is 28.5. The standard InChI is InChI=1S/C9H10N2O3S/c1-2-11-7(12)3-9(11,8(13)14)6-4-10-5-15-6/h4-5H,2-3H2,1H3,(H,13,14). The van der Waals surface area contributed by atoms with E-state index in [4.69, 9.17) is 0 Å². The molecule has 2 heterocycles. The van der Waals surface area contributed by atoms with Crippen LogP contribution in [0, 0.1) is 0 Å². The molecule has 0 bridgehead atoms. The van der Waals surface area contributed by atoms with E-state index in [1.807, 2.05) is 0 Å². The van der Waals surface area contributed by atoms with Gasteiger partial charge < -0.3 is 10.0 Å². The summed E-state index contributed by atoms with van der Waals surface area (Å²) in [6, 6.07) is 0. The van der Waals surface area contributed by atoms with Gasteiger partial charge in [0.15, 0.2) is 5.54 Å². The molecule has 0 aromatic carbocycles. The highest BCUT2D eigenvalue weighted by atomic mass is 32.1. The van der Waals surface area contributed by atoms with Crippen molar-refractivity contribution in [1.29, 1.82) is 0 Å². The lowest BCUT2D eigenvalue weighted by molar-refractivity contribution is -0.176. The molecule has 1 aromatic heterocycles. The Morgan fingerprint density at radius 2 is 2.53 bits per heavy atom. The molecule has 0 aliphatic carbocycles. The molecule has 5 nitrogen and oxygen atoms in total. The smallest absolute Gasteiger partial charge is 0.335 e. The molecular weight excluding hydrogens is 216 g/mol. The third-order valence-corrected chi connectivity index (χ3v) is 3.60. The van der Waals surface area contributed by atoms with Gasteiger partial charge in [0.1, 0.15) is 0 Å². The number of likely N-dealkylation sites (N-methyl/N-ethyl adjacent to an activating group) is 1. The van der Waals surface area contributed by atoms with Crippen LogP contribution in [0.15, 0.2) is 11.7 Å². The van der Waals surface area contributed by atoms with Crippen LogP contribution < -0.4 is 0 Å². The Labute approximate surface area is 90.4 Å². The monoisotopic (exact) mass is 226 g/mol. The molecule has 6 heteroatoms. The Balaban J connectivity index is 2.44. The number of carbonyl (C=O) groups excluding carboxylic acids is 1. The van der Waals surface area contributed by atoms with Crippen LogP contribution >= 0.6 is 11.3 Å². The van der Waals surface area contributed by atoms with Gasteiger partial charge >= 0.3 is 5.97 Å². The molecule has 0 radical (unpaired) electrons. The van der Waals surface area contributed by atoms with E-state index in [9.17, 15) is 14.7 Å². The zero-order chi connectivity index (χ0) is 11.1. The van der Waals surface area contributed by atoms with Crippen LogP contribution in [-0.4, -0.2) is 33.4 Å². The van der Waals surface area contributed by atoms with Gasteiger partial charge in [0, 0.05) is 12.7 Å². The lowest BCUT2D eigenvalue weighted by Gasteiger charge is -2.47. The zero-order valence-electron chi connectivity index (χ0n) is 8.14. The highest BCUT2D eigenvalue weighted by molar-refractivity contribution is 7.09. The number of thiazole rings is 1. The normalized spacial score (nSPS) is 25.1. The average Bonchev–Trinajstić information content (AvgIpc) is 2.66. The van der Waals surface area contributed by atoms with Gasteiger partial charge in [-0.1, -0.05) is 0 Å². The SMILES string of the molecule is CCN1C(=O)CC1(C(=O)O)c1cncs1. The number of aromatic nitrogens is 1. The minimum absolute atomic E-state index is 0.0400. The van der Waals surface area contributed by atoms with Crippen molar-refractivity contribution < 1.29 is 14.7 Å². The van der Waals surface area contributed by atoms with E-state index < -0.39 is 11.5 Å². The molecular formula is C9H10N2O3S. The molecule has 2 rings (SSSR count). The first-order chi connectivity index (χ1) is 7.13. The largest absolute Gasteiger partial charge is 0.479 e. The molecule has 15 heavy (non-hydrogen) atoms. The van der Waals surface area contributed by atoms with Gasteiger partial charge in [-0.05, 0) is 6.92 Å². The topological polar surface area (TPSA) is 70.5 Å². The number of rotatable bonds is 3. The van der Waals surface area contributed by atoms with Gasteiger partial charge in [0.05, 0.1) is 16.8 Å². The second kappa shape index (κ2) is 3.30. The van der Waals surface area contributed by atoms with E-state index in [0.717, 1.165) is 0 Å². The highest BCUT2D eigenvalue weighted by Gasteiger charge is 2.58. The fourth-order valence-corrected chi connectivity index (χ4v) is 2.74. The van der Waals surface area contributed by atoms with Gasteiger partial charge in [-0.25, -0.2) is 4.79 Å². The maximum Gasteiger partial charge on any atom is 0.335 e. The molecule has 0 saturated carbocycles. The molecule has 1 aliphatic heterocycles. The Morgan fingerprint density at radius 3 is 2.93 bits per heavy atom. The first kappa shape index (κ1) is 10.1. The predicted molar refractivity (Wildman–Crippen MR) is 53.4 cm³/mol. The summed E-state index contributed by atoms with van der Waals surface area (Å²) in [5.74, 6) is -1.10. The maximum absolute atomic E-state index is 11.3. The third-order valence-electron chi connectivity index (χ3n) is 2.68. The summed E-state index contributed by atoms with van der Waals surface area (Å²) in [7, 11) is 0. The minimum atomic E-state index is -1.16. The number of carboxylic acids is 1. The van der Waals surface area contributed by atoms with E-state index in [1.165, 1.54) is 22.4 Å². The lowest BCUT2D eigenvalue weighted by atomic mass is 9.82. The Morgan fingerprint density at radius 1 is 1.80 bits per heavy atom. The van der Waals surface area contributed by atoms with Gasteiger partial charge in [-0.15, -0.1) is 11.3 Å². The first-order valence-corrected chi connectivity index (χ1v) is 5.43. The van der Waals surface area contributed by atoms with Gasteiger partial charge in [-0.3, -0.25) is 9.78 Å². The zero-order valence-corrected chi connectivity index (χ0v) is 8.95. The van der Waals surface area contributed by atoms with E-state index >= 15 is 0 Å². The Bertz CT molecular complexity index is 403. The highest BCUT2D eigenvalue weighted by Crippen LogP contribution is 2.43. The number of carbonyl (C=O) groups is 2. The predicted octanol–water partition coefficient (Wildman–Crippen LogP) is 0.675. The summed E-state index contributed by atoms with van der Waals surface area (Å²) in [6.07, 6.45) is 1.56. The number of aliphatic carboxylic acids is 1. The molecule has 1 amide bonds. The van der Waals surface area contributed by atoms with Crippen molar-refractivity contribution in [2.24, 2.45) is 0 Å². The molecule has 1 fully saturated rings. The molecule has 1 saturated heterocycles. The second-order valence-corrected chi connectivity index (χ2v) is 4.23. The Kier molecular flexibility index (Phi) is 2.22. The third kappa shape index (κ3) is 1.18. The van der Waals surface area contributed by atoms with Crippen molar-refractivity contribution in [3.63, 3.8) is 0 Å². The summed E-state index contributed by atoms with van der Waals surface area (Å²) >= 11 is 1.27. The van der Waals surface area contributed by atoms with Crippen LogP contribution in [0.4, 0.5) is 0 Å². The van der Waals surface area contributed by atoms with Crippen LogP contribution in [0.3, 0.4) is 0 Å². The van der Waals surface area contributed by atoms with E-state index in [1.54, 1.807) is 12.4 Å². The number of amides is 1. The van der Waals surface area contributed by atoms with E-state index in [-0.39, 0.29) is 12.3 Å². The number of hydrogen-bond donors (Lipinski definition) is 1. The fourth-order valence-electron chi connectivity index (χ4n) is 1.91. The molecule has 1 aromatic rings. The molecule has 0 spiro atoms.